The van der Waals surface area contributed by atoms with Gasteiger partial charge in [-0.05, 0) is 25.8 Å². The topological polar surface area (TPSA) is 21.3 Å². The molecule has 1 rings (SSSR count). The van der Waals surface area contributed by atoms with Crippen LogP contribution in [0.25, 0.3) is 0 Å². The van der Waals surface area contributed by atoms with Crippen LogP contribution < -0.4 is 5.32 Å². The van der Waals surface area contributed by atoms with Crippen molar-refractivity contribution < 1.29 is 17.9 Å². The molecule has 0 aliphatic heterocycles. The van der Waals surface area contributed by atoms with E-state index in [2.05, 4.69) is 5.32 Å². The molecule has 0 heterocycles. The summed E-state index contributed by atoms with van der Waals surface area (Å²) in [5.74, 6) is 0.465. The summed E-state index contributed by atoms with van der Waals surface area (Å²) < 4.78 is 40.4. The van der Waals surface area contributed by atoms with Crippen molar-refractivity contribution in [1.82, 2.24) is 5.32 Å². The predicted octanol–water partition coefficient (Wildman–Crippen LogP) is 2.73. The van der Waals surface area contributed by atoms with Gasteiger partial charge < -0.3 is 10.1 Å². The Hall–Kier alpha value is -0.290. The fraction of sp³-hybridized carbons (Fsp3) is 1.00. The maximum absolute atomic E-state index is 11.9. The van der Waals surface area contributed by atoms with E-state index in [1.165, 1.54) is 19.3 Å². The first kappa shape index (κ1) is 13.8. The van der Waals surface area contributed by atoms with Gasteiger partial charge in [0.05, 0.1) is 6.61 Å². The van der Waals surface area contributed by atoms with Crippen LogP contribution >= 0.6 is 0 Å². The molecular formula is C11H20F3NO. The lowest BCUT2D eigenvalue weighted by Gasteiger charge is -2.29. The van der Waals surface area contributed by atoms with Crippen molar-refractivity contribution in [1.29, 1.82) is 0 Å². The number of ether oxygens (including phenoxy) is 1. The van der Waals surface area contributed by atoms with E-state index < -0.39 is 12.8 Å². The van der Waals surface area contributed by atoms with Gasteiger partial charge >= 0.3 is 6.18 Å². The van der Waals surface area contributed by atoms with Crippen molar-refractivity contribution in [2.24, 2.45) is 5.92 Å². The third kappa shape index (κ3) is 5.16. The summed E-state index contributed by atoms with van der Waals surface area (Å²) in [6.45, 7) is -0.988. The zero-order valence-electron chi connectivity index (χ0n) is 9.65. The smallest absolute Gasteiger partial charge is 0.370 e. The molecule has 1 unspecified atom stereocenters. The molecule has 0 aromatic rings. The van der Waals surface area contributed by atoms with Crippen LogP contribution in [-0.4, -0.2) is 32.5 Å². The van der Waals surface area contributed by atoms with Gasteiger partial charge in [0.25, 0.3) is 0 Å². The molecule has 0 amide bonds. The van der Waals surface area contributed by atoms with E-state index in [0.29, 0.717) is 5.92 Å². The van der Waals surface area contributed by atoms with E-state index in [-0.39, 0.29) is 12.6 Å². The summed E-state index contributed by atoms with van der Waals surface area (Å²) in [6.07, 6.45) is 1.59. The fourth-order valence-electron chi connectivity index (χ4n) is 2.29. The SMILES string of the molecule is CNC(COCC(F)(F)F)C1CCCCC1. The summed E-state index contributed by atoms with van der Waals surface area (Å²) in [4.78, 5) is 0. The molecule has 1 N–H and O–H groups in total. The van der Waals surface area contributed by atoms with Crippen LogP contribution in [0.15, 0.2) is 0 Å². The van der Waals surface area contributed by atoms with Crippen molar-refractivity contribution in [2.45, 2.75) is 44.3 Å². The molecule has 5 heteroatoms. The van der Waals surface area contributed by atoms with Crippen LogP contribution in [0.2, 0.25) is 0 Å². The maximum atomic E-state index is 11.9. The average molecular weight is 239 g/mol. The monoisotopic (exact) mass is 239 g/mol. The Morgan fingerprint density at radius 1 is 1.25 bits per heavy atom. The molecule has 16 heavy (non-hydrogen) atoms. The number of halogens is 3. The van der Waals surface area contributed by atoms with Crippen LogP contribution in [0.1, 0.15) is 32.1 Å². The van der Waals surface area contributed by atoms with Gasteiger partial charge in [0.15, 0.2) is 0 Å². The van der Waals surface area contributed by atoms with Gasteiger partial charge in [-0.2, -0.15) is 13.2 Å². The number of nitrogens with one attached hydrogen (secondary N) is 1. The summed E-state index contributed by atoms with van der Waals surface area (Å²) in [7, 11) is 1.79. The highest BCUT2D eigenvalue weighted by atomic mass is 19.4. The van der Waals surface area contributed by atoms with Crippen molar-refractivity contribution in [3.05, 3.63) is 0 Å². The molecule has 0 saturated heterocycles. The molecule has 96 valence electrons. The second-order valence-corrected chi connectivity index (χ2v) is 4.42. The van der Waals surface area contributed by atoms with Gasteiger partial charge in [-0.25, -0.2) is 0 Å². The number of alkyl halides is 3. The van der Waals surface area contributed by atoms with Gasteiger partial charge in [-0.15, -0.1) is 0 Å². The van der Waals surface area contributed by atoms with Crippen LogP contribution in [0, 0.1) is 5.92 Å². The average Bonchev–Trinajstić information content (AvgIpc) is 2.24. The van der Waals surface area contributed by atoms with Crippen molar-refractivity contribution in [2.75, 3.05) is 20.3 Å². The zero-order chi connectivity index (χ0) is 12.0. The van der Waals surface area contributed by atoms with Crippen molar-refractivity contribution in [3.8, 4) is 0 Å². The van der Waals surface area contributed by atoms with E-state index in [0.717, 1.165) is 12.8 Å². The number of hydrogen-bond acceptors (Lipinski definition) is 2. The highest BCUT2D eigenvalue weighted by molar-refractivity contribution is 4.78. The molecule has 1 fully saturated rings. The first-order valence-corrected chi connectivity index (χ1v) is 5.84. The maximum Gasteiger partial charge on any atom is 0.411 e. The molecular weight excluding hydrogens is 219 g/mol. The van der Waals surface area contributed by atoms with Gasteiger partial charge in [-0.1, -0.05) is 19.3 Å². The quantitative estimate of drug-likeness (QED) is 0.796. The molecule has 0 spiro atoms. The molecule has 1 saturated carbocycles. The van der Waals surface area contributed by atoms with E-state index >= 15 is 0 Å². The third-order valence-corrected chi connectivity index (χ3v) is 3.15. The predicted molar refractivity (Wildman–Crippen MR) is 56.3 cm³/mol. The number of hydrogen-bond donors (Lipinski definition) is 1. The second kappa shape index (κ2) is 6.45. The lowest BCUT2D eigenvalue weighted by molar-refractivity contribution is -0.176. The standard InChI is InChI=1S/C11H20F3NO/c1-15-10(7-16-8-11(12,13)14)9-5-3-2-4-6-9/h9-10,15H,2-8H2,1H3. The lowest BCUT2D eigenvalue weighted by atomic mass is 9.84. The Labute approximate surface area is 94.5 Å². The molecule has 1 aliphatic carbocycles. The Morgan fingerprint density at radius 3 is 2.38 bits per heavy atom. The van der Waals surface area contributed by atoms with Crippen LogP contribution in [0.4, 0.5) is 13.2 Å². The van der Waals surface area contributed by atoms with Crippen LogP contribution in [0.5, 0.6) is 0 Å². The van der Waals surface area contributed by atoms with Gasteiger partial charge in [-0.3, -0.25) is 0 Å². The van der Waals surface area contributed by atoms with Gasteiger partial charge in [0, 0.05) is 6.04 Å². The van der Waals surface area contributed by atoms with Crippen molar-refractivity contribution >= 4 is 0 Å². The highest BCUT2D eigenvalue weighted by Gasteiger charge is 2.29. The largest absolute Gasteiger partial charge is 0.411 e. The molecule has 0 radical (unpaired) electrons. The third-order valence-electron chi connectivity index (χ3n) is 3.15. The highest BCUT2D eigenvalue weighted by Crippen LogP contribution is 2.26. The zero-order valence-corrected chi connectivity index (χ0v) is 9.65. The number of likely N-dealkylation sites (N-methyl/N-ethyl adjacent to an activating group) is 1. The number of rotatable bonds is 5. The molecule has 1 aliphatic rings. The molecule has 0 aromatic heterocycles. The van der Waals surface area contributed by atoms with E-state index in [1.807, 2.05) is 0 Å². The summed E-state index contributed by atoms with van der Waals surface area (Å²) in [5, 5.41) is 3.07. The Balaban J connectivity index is 2.25. The minimum Gasteiger partial charge on any atom is -0.370 e. The molecule has 0 bridgehead atoms. The van der Waals surface area contributed by atoms with Crippen molar-refractivity contribution in [3.63, 3.8) is 0 Å². The van der Waals surface area contributed by atoms with Crippen LogP contribution in [0.3, 0.4) is 0 Å². The minimum absolute atomic E-state index is 0.0580. The summed E-state index contributed by atoms with van der Waals surface area (Å²) in [5.41, 5.74) is 0. The molecule has 0 aromatic carbocycles. The Bertz CT molecular complexity index is 190. The molecule has 2 nitrogen and oxygen atoms in total. The van der Waals surface area contributed by atoms with E-state index in [1.54, 1.807) is 7.05 Å². The Morgan fingerprint density at radius 2 is 1.88 bits per heavy atom. The van der Waals surface area contributed by atoms with Gasteiger partial charge in [0.2, 0.25) is 0 Å². The van der Waals surface area contributed by atoms with E-state index in [4.69, 9.17) is 4.74 Å². The normalized spacial score (nSPS) is 21.0. The lowest BCUT2D eigenvalue weighted by Crippen LogP contribution is -2.39. The van der Waals surface area contributed by atoms with Crippen LogP contribution in [-0.2, 0) is 4.74 Å². The minimum atomic E-state index is -4.22. The first-order valence-electron chi connectivity index (χ1n) is 5.84. The second-order valence-electron chi connectivity index (χ2n) is 4.42. The Kier molecular flexibility index (Phi) is 5.55. The summed E-state index contributed by atoms with van der Waals surface area (Å²) in [6, 6.07) is 0.0580. The fourth-order valence-corrected chi connectivity index (χ4v) is 2.29. The summed E-state index contributed by atoms with van der Waals surface area (Å²) >= 11 is 0. The van der Waals surface area contributed by atoms with Gasteiger partial charge in [0.1, 0.15) is 6.61 Å². The van der Waals surface area contributed by atoms with E-state index in [9.17, 15) is 13.2 Å². The first-order chi connectivity index (χ1) is 7.53. The molecule has 1 atom stereocenters.